The number of hydrogen-bond donors (Lipinski definition) is 1. The van der Waals surface area contributed by atoms with Crippen molar-refractivity contribution in [1.29, 1.82) is 0 Å². The fourth-order valence-electron chi connectivity index (χ4n) is 2.41. The van der Waals surface area contributed by atoms with Crippen LogP contribution in [0.25, 0.3) is 0 Å². The van der Waals surface area contributed by atoms with Crippen LogP contribution < -0.4 is 10.6 Å². The SMILES string of the molecule is CCC(N)Cc1c(Cl)cccc1N1CCCC1. The third kappa shape index (κ3) is 2.93. The van der Waals surface area contributed by atoms with E-state index in [1.54, 1.807) is 0 Å². The van der Waals surface area contributed by atoms with Crippen LogP contribution in [0.5, 0.6) is 0 Å². The van der Waals surface area contributed by atoms with Gasteiger partial charge in [0.05, 0.1) is 0 Å². The maximum atomic E-state index is 6.33. The van der Waals surface area contributed by atoms with Crippen molar-refractivity contribution in [3.05, 3.63) is 28.8 Å². The van der Waals surface area contributed by atoms with Crippen molar-refractivity contribution in [3.8, 4) is 0 Å². The first-order valence-corrected chi connectivity index (χ1v) is 6.88. The molecule has 0 radical (unpaired) electrons. The maximum Gasteiger partial charge on any atom is 0.0459 e. The normalized spacial score (nSPS) is 17.5. The zero-order valence-corrected chi connectivity index (χ0v) is 11.2. The van der Waals surface area contributed by atoms with Gasteiger partial charge in [0.1, 0.15) is 0 Å². The van der Waals surface area contributed by atoms with Gasteiger partial charge in [0.25, 0.3) is 0 Å². The average Bonchev–Trinajstić information content (AvgIpc) is 2.85. The predicted octanol–water partition coefficient (Wildman–Crippen LogP) is 3.22. The molecule has 94 valence electrons. The first-order valence-electron chi connectivity index (χ1n) is 6.50. The Labute approximate surface area is 109 Å². The highest BCUT2D eigenvalue weighted by Crippen LogP contribution is 2.31. The molecule has 1 unspecified atom stereocenters. The lowest BCUT2D eigenvalue weighted by atomic mass is 10.0. The van der Waals surface area contributed by atoms with Crippen molar-refractivity contribution in [2.24, 2.45) is 5.73 Å². The smallest absolute Gasteiger partial charge is 0.0459 e. The Bertz CT molecular complexity index is 372. The van der Waals surface area contributed by atoms with Gasteiger partial charge in [-0.1, -0.05) is 24.6 Å². The van der Waals surface area contributed by atoms with Crippen molar-refractivity contribution >= 4 is 17.3 Å². The van der Waals surface area contributed by atoms with Gasteiger partial charge in [0, 0.05) is 29.8 Å². The molecule has 0 spiro atoms. The largest absolute Gasteiger partial charge is 0.371 e. The van der Waals surface area contributed by atoms with E-state index in [1.807, 2.05) is 12.1 Å². The molecule has 2 N–H and O–H groups in total. The van der Waals surface area contributed by atoms with E-state index in [-0.39, 0.29) is 6.04 Å². The highest BCUT2D eigenvalue weighted by molar-refractivity contribution is 6.31. The summed E-state index contributed by atoms with van der Waals surface area (Å²) in [6, 6.07) is 6.39. The second-order valence-corrected chi connectivity index (χ2v) is 5.21. The lowest BCUT2D eigenvalue weighted by Gasteiger charge is -2.23. The number of nitrogens with zero attached hydrogens (tertiary/aromatic N) is 1. The molecule has 0 bridgehead atoms. The number of rotatable bonds is 4. The molecule has 0 aliphatic carbocycles. The predicted molar refractivity (Wildman–Crippen MR) is 74.9 cm³/mol. The molecule has 1 heterocycles. The fraction of sp³-hybridized carbons (Fsp3) is 0.571. The highest BCUT2D eigenvalue weighted by Gasteiger charge is 2.18. The first-order chi connectivity index (χ1) is 8.22. The van der Waals surface area contributed by atoms with Gasteiger partial charge >= 0.3 is 0 Å². The van der Waals surface area contributed by atoms with E-state index < -0.39 is 0 Å². The zero-order valence-electron chi connectivity index (χ0n) is 10.5. The lowest BCUT2D eigenvalue weighted by Crippen LogP contribution is -2.25. The molecule has 1 aromatic carbocycles. The Morgan fingerprint density at radius 3 is 2.71 bits per heavy atom. The van der Waals surface area contributed by atoms with Crippen LogP contribution in [0, 0.1) is 0 Å². The molecule has 1 saturated heterocycles. The van der Waals surface area contributed by atoms with Gasteiger partial charge in [0.15, 0.2) is 0 Å². The topological polar surface area (TPSA) is 29.3 Å². The second-order valence-electron chi connectivity index (χ2n) is 4.80. The minimum Gasteiger partial charge on any atom is -0.371 e. The molecule has 0 amide bonds. The molecule has 1 aliphatic heterocycles. The second kappa shape index (κ2) is 5.74. The monoisotopic (exact) mass is 252 g/mol. The van der Waals surface area contributed by atoms with Crippen LogP contribution in [0.1, 0.15) is 31.7 Å². The average molecular weight is 253 g/mol. The third-order valence-electron chi connectivity index (χ3n) is 3.53. The molecule has 1 aliphatic rings. The van der Waals surface area contributed by atoms with E-state index in [4.69, 9.17) is 17.3 Å². The molecule has 1 fully saturated rings. The van der Waals surface area contributed by atoms with E-state index >= 15 is 0 Å². The molecular weight excluding hydrogens is 232 g/mol. The van der Waals surface area contributed by atoms with E-state index in [1.165, 1.54) is 24.1 Å². The summed E-state index contributed by atoms with van der Waals surface area (Å²) in [5, 5.41) is 0.860. The zero-order chi connectivity index (χ0) is 12.3. The highest BCUT2D eigenvalue weighted by atomic mass is 35.5. The molecule has 2 rings (SSSR count). The summed E-state index contributed by atoms with van der Waals surface area (Å²) < 4.78 is 0. The molecule has 3 heteroatoms. The molecule has 0 aromatic heterocycles. The van der Waals surface area contributed by atoms with Gasteiger partial charge in [0.2, 0.25) is 0 Å². The summed E-state index contributed by atoms with van der Waals surface area (Å²) in [6.45, 7) is 4.42. The van der Waals surface area contributed by atoms with Crippen LogP contribution in [-0.4, -0.2) is 19.1 Å². The molecular formula is C14H21ClN2. The third-order valence-corrected chi connectivity index (χ3v) is 3.89. The summed E-state index contributed by atoms with van der Waals surface area (Å²) in [5.41, 5.74) is 8.58. The van der Waals surface area contributed by atoms with Crippen molar-refractivity contribution in [2.45, 2.75) is 38.6 Å². The first kappa shape index (κ1) is 12.7. The van der Waals surface area contributed by atoms with Crippen molar-refractivity contribution < 1.29 is 0 Å². The minimum absolute atomic E-state index is 0.205. The molecule has 1 aromatic rings. The summed E-state index contributed by atoms with van der Waals surface area (Å²) >= 11 is 6.33. The van der Waals surface area contributed by atoms with Crippen LogP contribution >= 0.6 is 11.6 Å². The standard InChI is InChI=1S/C14H21ClN2/c1-2-11(16)10-12-13(15)6-5-7-14(12)17-8-3-4-9-17/h5-7,11H,2-4,8-10,16H2,1H3. The minimum atomic E-state index is 0.205. The summed E-state index contributed by atoms with van der Waals surface area (Å²) in [7, 11) is 0. The van der Waals surface area contributed by atoms with Gasteiger partial charge in [-0.15, -0.1) is 0 Å². The van der Waals surface area contributed by atoms with Crippen molar-refractivity contribution in [2.75, 3.05) is 18.0 Å². The fourth-order valence-corrected chi connectivity index (χ4v) is 2.66. The summed E-state index contributed by atoms with van der Waals surface area (Å²) in [6.07, 6.45) is 4.43. The quantitative estimate of drug-likeness (QED) is 0.892. The van der Waals surface area contributed by atoms with Crippen LogP contribution in [0.15, 0.2) is 18.2 Å². The van der Waals surface area contributed by atoms with Crippen molar-refractivity contribution in [3.63, 3.8) is 0 Å². The van der Waals surface area contributed by atoms with E-state index in [9.17, 15) is 0 Å². The molecule has 2 nitrogen and oxygen atoms in total. The van der Waals surface area contributed by atoms with Crippen LogP contribution in [0.2, 0.25) is 5.02 Å². The number of benzene rings is 1. The number of nitrogens with two attached hydrogens (primary N) is 1. The van der Waals surface area contributed by atoms with Gasteiger partial charge in [-0.25, -0.2) is 0 Å². The van der Waals surface area contributed by atoms with Gasteiger partial charge in [-0.05, 0) is 43.4 Å². The van der Waals surface area contributed by atoms with E-state index in [0.29, 0.717) is 0 Å². The molecule has 1 atom stereocenters. The molecule has 17 heavy (non-hydrogen) atoms. The van der Waals surface area contributed by atoms with Crippen LogP contribution in [-0.2, 0) is 6.42 Å². The van der Waals surface area contributed by atoms with Crippen LogP contribution in [0.3, 0.4) is 0 Å². The summed E-state index contributed by atoms with van der Waals surface area (Å²) in [5.74, 6) is 0. The van der Waals surface area contributed by atoms with Crippen molar-refractivity contribution in [1.82, 2.24) is 0 Å². The summed E-state index contributed by atoms with van der Waals surface area (Å²) in [4.78, 5) is 2.43. The Balaban J connectivity index is 2.27. The maximum absolute atomic E-state index is 6.33. The number of halogens is 1. The van der Waals surface area contributed by atoms with Crippen LogP contribution in [0.4, 0.5) is 5.69 Å². The Morgan fingerprint density at radius 2 is 2.06 bits per heavy atom. The van der Waals surface area contributed by atoms with Gasteiger partial charge in [-0.3, -0.25) is 0 Å². The van der Waals surface area contributed by atoms with Gasteiger partial charge < -0.3 is 10.6 Å². The molecule has 0 saturated carbocycles. The Hall–Kier alpha value is -0.730. The lowest BCUT2D eigenvalue weighted by molar-refractivity contribution is 0.645. The van der Waals surface area contributed by atoms with E-state index in [0.717, 1.165) is 31.0 Å². The Morgan fingerprint density at radius 1 is 1.35 bits per heavy atom. The van der Waals surface area contributed by atoms with E-state index in [2.05, 4.69) is 17.9 Å². The Kier molecular flexibility index (Phi) is 4.30. The number of anilines is 1. The van der Waals surface area contributed by atoms with Gasteiger partial charge in [-0.2, -0.15) is 0 Å². The number of hydrogen-bond acceptors (Lipinski definition) is 2.